The van der Waals surface area contributed by atoms with Crippen LogP contribution < -0.4 is 0 Å². The third-order valence-electron chi connectivity index (χ3n) is 2.27. The summed E-state index contributed by atoms with van der Waals surface area (Å²) in [5, 5.41) is 0. The van der Waals surface area contributed by atoms with Crippen LogP contribution in [-0.4, -0.2) is 34.6 Å². The molecule has 2 aliphatic heterocycles. The van der Waals surface area contributed by atoms with Crippen molar-refractivity contribution in [3.05, 3.63) is 0 Å². The first-order valence-electron chi connectivity index (χ1n) is 4.77. The van der Waals surface area contributed by atoms with Gasteiger partial charge in [-0.25, -0.2) is 0 Å². The number of thioether (sulfide) groups is 2. The number of hydrogen-bond acceptors (Lipinski definition) is 4. The third-order valence-corrected chi connectivity index (χ3v) is 5.73. The van der Waals surface area contributed by atoms with Crippen molar-refractivity contribution in [2.24, 2.45) is 0 Å². The molecule has 2 rings (SSSR count). The van der Waals surface area contributed by atoms with Gasteiger partial charge in [0.15, 0.2) is 4.27 Å². The standard InChI is InChI=1S/C9H16O2S2/c1-7-5-12-9(3-4-10-7)11-8(2)6-13-9/h7-8H,3-6H2,1-2H3. The van der Waals surface area contributed by atoms with Gasteiger partial charge in [0.1, 0.15) is 0 Å². The zero-order chi connectivity index (χ0) is 9.31. The lowest BCUT2D eigenvalue weighted by molar-refractivity contribution is 0.0252. The quantitative estimate of drug-likeness (QED) is 0.623. The molecule has 2 nitrogen and oxygen atoms in total. The van der Waals surface area contributed by atoms with Crippen LogP contribution in [0.1, 0.15) is 20.3 Å². The topological polar surface area (TPSA) is 18.5 Å². The molecule has 13 heavy (non-hydrogen) atoms. The molecular weight excluding hydrogens is 204 g/mol. The average Bonchev–Trinajstić information content (AvgIpc) is 2.35. The number of rotatable bonds is 0. The molecule has 2 saturated heterocycles. The lowest BCUT2D eigenvalue weighted by Gasteiger charge is -2.24. The molecule has 2 heterocycles. The first-order valence-corrected chi connectivity index (χ1v) is 6.75. The van der Waals surface area contributed by atoms with E-state index in [4.69, 9.17) is 9.47 Å². The zero-order valence-electron chi connectivity index (χ0n) is 8.12. The fraction of sp³-hybridized carbons (Fsp3) is 1.00. The van der Waals surface area contributed by atoms with Crippen molar-refractivity contribution in [2.75, 3.05) is 18.1 Å². The van der Waals surface area contributed by atoms with E-state index in [0.717, 1.165) is 24.5 Å². The molecule has 1 spiro atoms. The highest BCUT2D eigenvalue weighted by atomic mass is 32.2. The average molecular weight is 220 g/mol. The molecule has 4 heteroatoms. The Balaban J connectivity index is 1.98. The second-order valence-electron chi connectivity index (χ2n) is 3.66. The smallest absolute Gasteiger partial charge is 0.163 e. The van der Waals surface area contributed by atoms with E-state index < -0.39 is 0 Å². The molecular formula is C9H16O2S2. The van der Waals surface area contributed by atoms with Gasteiger partial charge in [-0.05, 0) is 13.8 Å². The van der Waals surface area contributed by atoms with Crippen LogP contribution in [0.25, 0.3) is 0 Å². The Kier molecular flexibility index (Phi) is 3.13. The molecule has 0 aromatic carbocycles. The second-order valence-corrected chi connectivity index (χ2v) is 6.49. The summed E-state index contributed by atoms with van der Waals surface area (Å²) in [5.41, 5.74) is 0. The second kappa shape index (κ2) is 4.01. The van der Waals surface area contributed by atoms with Gasteiger partial charge in [-0.1, -0.05) is 0 Å². The molecule has 3 atom stereocenters. The summed E-state index contributed by atoms with van der Waals surface area (Å²) in [5.74, 6) is 2.18. The van der Waals surface area contributed by atoms with Crippen LogP contribution in [0.2, 0.25) is 0 Å². The fourth-order valence-corrected chi connectivity index (χ4v) is 4.38. The molecule has 0 aliphatic carbocycles. The number of hydrogen-bond donors (Lipinski definition) is 0. The molecule has 2 fully saturated rings. The maximum Gasteiger partial charge on any atom is 0.163 e. The van der Waals surface area contributed by atoms with Crippen molar-refractivity contribution >= 4 is 23.5 Å². The van der Waals surface area contributed by atoms with Crippen LogP contribution in [0, 0.1) is 0 Å². The molecule has 0 radical (unpaired) electrons. The molecule has 0 N–H and O–H groups in total. The zero-order valence-corrected chi connectivity index (χ0v) is 9.75. The molecule has 0 bridgehead atoms. The maximum absolute atomic E-state index is 5.96. The third kappa shape index (κ3) is 2.35. The highest BCUT2D eigenvalue weighted by Crippen LogP contribution is 2.49. The van der Waals surface area contributed by atoms with Crippen LogP contribution in [0.5, 0.6) is 0 Å². The van der Waals surface area contributed by atoms with Crippen molar-refractivity contribution in [2.45, 2.75) is 36.7 Å². The van der Waals surface area contributed by atoms with Crippen molar-refractivity contribution in [3.8, 4) is 0 Å². The van der Waals surface area contributed by atoms with E-state index in [1.54, 1.807) is 0 Å². The summed E-state index contributed by atoms with van der Waals surface area (Å²) in [7, 11) is 0. The van der Waals surface area contributed by atoms with Gasteiger partial charge >= 0.3 is 0 Å². The predicted octanol–water partition coefficient (Wildman–Crippen LogP) is 2.33. The Bertz CT molecular complexity index is 186. The summed E-state index contributed by atoms with van der Waals surface area (Å²) in [4.78, 5) is 0. The maximum atomic E-state index is 5.96. The summed E-state index contributed by atoms with van der Waals surface area (Å²) in [6.07, 6.45) is 1.81. The van der Waals surface area contributed by atoms with Gasteiger partial charge in [0.05, 0.1) is 18.8 Å². The van der Waals surface area contributed by atoms with Crippen molar-refractivity contribution < 1.29 is 9.47 Å². The van der Waals surface area contributed by atoms with Crippen LogP contribution in [0.4, 0.5) is 0 Å². The number of ether oxygens (including phenoxy) is 2. The van der Waals surface area contributed by atoms with Gasteiger partial charge < -0.3 is 9.47 Å². The first kappa shape index (κ1) is 10.1. The van der Waals surface area contributed by atoms with Crippen molar-refractivity contribution in [1.29, 1.82) is 0 Å². The van der Waals surface area contributed by atoms with Crippen LogP contribution in [0.15, 0.2) is 0 Å². The minimum atomic E-state index is 0.0180. The fourth-order valence-electron chi connectivity index (χ4n) is 1.58. The van der Waals surface area contributed by atoms with Crippen LogP contribution >= 0.6 is 23.5 Å². The monoisotopic (exact) mass is 220 g/mol. The van der Waals surface area contributed by atoms with E-state index in [2.05, 4.69) is 13.8 Å². The van der Waals surface area contributed by atoms with Crippen LogP contribution in [-0.2, 0) is 9.47 Å². The Hall–Kier alpha value is 0.620. The molecule has 76 valence electrons. The summed E-state index contributed by atoms with van der Waals surface area (Å²) in [6, 6.07) is 0. The summed E-state index contributed by atoms with van der Waals surface area (Å²) >= 11 is 3.87. The van der Waals surface area contributed by atoms with E-state index in [-0.39, 0.29) is 4.27 Å². The summed E-state index contributed by atoms with van der Waals surface area (Å²) in [6.45, 7) is 5.13. The molecule has 3 unspecified atom stereocenters. The predicted molar refractivity (Wildman–Crippen MR) is 58.2 cm³/mol. The molecule has 0 amide bonds. The van der Waals surface area contributed by atoms with Gasteiger partial charge in [-0.2, -0.15) is 0 Å². The van der Waals surface area contributed by atoms with Gasteiger partial charge in [-0.3, -0.25) is 0 Å². The Labute approximate surface area is 88.1 Å². The molecule has 0 aromatic rings. The van der Waals surface area contributed by atoms with Crippen LogP contribution in [0.3, 0.4) is 0 Å². The Morgan fingerprint density at radius 2 is 1.85 bits per heavy atom. The minimum Gasteiger partial charge on any atom is -0.377 e. The highest BCUT2D eigenvalue weighted by Gasteiger charge is 2.41. The minimum absolute atomic E-state index is 0.0180. The van der Waals surface area contributed by atoms with E-state index in [0.29, 0.717) is 12.2 Å². The van der Waals surface area contributed by atoms with E-state index in [1.807, 2.05) is 23.5 Å². The SMILES string of the molecule is CC1CSC2(CCO1)OC(C)CS2. The lowest BCUT2D eigenvalue weighted by Crippen LogP contribution is -2.22. The highest BCUT2D eigenvalue weighted by molar-refractivity contribution is 8.18. The Morgan fingerprint density at radius 1 is 1.15 bits per heavy atom. The molecule has 0 saturated carbocycles. The van der Waals surface area contributed by atoms with Crippen molar-refractivity contribution in [3.63, 3.8) is 0 Å². The lowest BCUT2D eigenvalue weighted by atomic mass is 10.4. The van der Waals surface area contributed by atoms with Gasteiger partial charge in [0.25, 0.3) is 0 Å². The largest absolute Gasteiger partial charge is 0.377 e. The normalized spacial score (nSPS) is 46.6. The summed E-state index contributed by atoms with van der Waals surface area (Å²) < 4.78 is 11.6. The van der Waals surface area contributed by atoms with E-state index in [1.165, 1.54) is 0 Å². The Morgan fingerprint density at radius 3 is 2.46 bits per heavy atom. The van der Waals surface area contributed by atoms with Gasteiger partial charge in [0.2, 0.25) is 0 Å². The van der Waals surface area contributed by atoms with E-state index in [9.17, 15) is 0 Å². The van der Waals surface area contributed by atoms with Crippen molar-refractivity contribution in [1.82, 2.24) is 0 Å². The van der Waals surface area contributed by atoms with Gasteiger partial charge in [0, 0.05) is 17.9 Å². The van der Waals surface area contributed by atoms with Gasteiger partial charge in [-0.15, -0.1) is 23.5 Å². The molecule has 0 aromatic heterocycles. The van der Waals surface area contributed by atoms with E-state index >= 15 is 0 Å². The molecule has 2 aliphatic rings. The first-order chi connectivity index (χ1) is 6.20.